The molecule has 0 saturated heterocycles. The molecule has 33 heavy (non-hydrogen) atoms. The van der Waals surface area contributed by atoms with Crippen molar-refractivity contribution in [1.29, 1.82) is 0 Å². The number of rotatable bonds is 10. The quantitative estimate of drug-likeness (QED) is 0.303. The molecule has 10 nitrogen and oxygen atoms in total. The lowest BCUT2D eigenvalue weighted by molar-refractivity contribution is -0.384. The second-order valence-corrected chi connectivity index (χ2v) is 7.61. The summed E-state index contributed by atoms with van der Waals surface area (Å²) in [6, 6.07) is 9.29. The van der Waals surface area contributed by atoms with Crippen LogP contribution in [-0.2, 0) is 14.3 Å². The van der Waals surface area contributed by atoms with Crippen LogP contribution < -0.4 is 15.4 Å². The molecule has 0 aliphatic heterocycles. The summed E-state index contributed by atoms with van der Waals surface area (Å²) in [6.07, 6.45) is 0. The largest absolute Gasteiger partial charge is 0.494 e. The Hall–Kier alpha value is -3.66. The van der Waals surface area contributed by atoms with Gasteiger partial charge in [0, 0.05) is 0 Å². The van der Waals surface area contributed by atoms with Gasteiger partial charge in [-0.2, -0.15) is 0 Å². The smallest absolute Gasteiger partial charge is 0.329 e. The van der Waals surface area contributed by atoms with Crippen LogP contribution in [-0.4, -0.2) is 42.0 Å². The zero-order valence-corrected chi connectivity index (χ0v) is 19.0. The number of nitrogens with one attached hydrogen (secondary N) is 2. The van der Waals surface area contributed by atoms with Crippen molar-refractivity contribution in [2.45, 2.75) is 26.8 Å². The van der Waals surface area contributed by atoms with Crippen LogP contribution in [0.1, 0.15) is 31.1 Å². The number of benzene rings is 2. The number of hydrogen-bond donors (Lipinski definition) is 2. The predicted molar refractivity (Wildman–Crippen MR) is 121 cm³/mol. The fraction of sp³-hybridized carbons (Fsp3) is 0.318. The van der Waals surface area contributed by atoms with Crippen molar-refractivity contribution >= 4 is 40.8 Å². The van der Waals surface area contributed by atoms with E-state index in [1.165, 1.54) is 24.3 Å². The molecule has 2 amide bonds. The highest BCUT2D eigenvalue weighted by molar-refractivity contribution is 6.33. The highest BCUT2D eigenvalue weighted by atomic mass is 35.5. The lowest BCUT2D eigenvalue weighted by atomic mass is 10.0. The number of carbonyl (C=O) groups excluding carboxylic acids is 3. The van der Waals surface area contributed by atoms with E-state index in [0.29, 0.717) is 6.61 Å². The van der Waals surface area contributed by atoms with Gasteiger partial charge in [-0.15, -0.1) is 0 Å². The van der Waals surface area contributed by atoms with Crippen LogP contribution in [0.2, 0.25) is 5.02 Å². The van der Waals surface area contributed by atoms with Crippen molar-refractivity contribution in [2.75, 3.05) is 18.5 Å². The van der Waals surface area contributed by atoms with Crippen LogP contribution >= 0.6 is 11.6 Å². The summed E-state index contributed by atoms with van der Waals surface area (Å²) in [6.45, 7) is 4.75. The normalized spacial score (nSPS) is 11.4. The van der Waals surface area contributed by atoms with Crippen LogP contribution in [0.25, 0.3) is 0 Å². The van der Waals surface area contributed by atoms with Crippen LogP contribution in [0, 0.1) is 16.0 Å². The molecular formula is C22H24ClN3O7. The van der Waals surface area contributed by atoms with E-state index in [4.69, 9.17) is 21.1 Å². The molecular weight excluding hydrogens is 454 g/mol. The molecule has 2 aromatic rings. The number of halogens is 1. The van der Waals surface area contributed by atoms with Gasteiger partial charge < -0.3 is 20.1 Å². The molecule has 1 unspecified atom stereocenters. The summed E-state index contributed by atoms with van der Waals surface area (Å²) in [4.78, 5) is 47.9. The number of esters is 1. The van der Waals surface area contributed by atoms with Crippen LogP contribution in [0.4, 0.5) is 11.4 Å². The van der Waals surface area contributed by atoms with E-state index in [0.717, 1.165) is 0 Å². The second kappa shape index (κ2) is 11.8. The Morgan fingerprint density at radius 3 is 2.45 bits per heavy atom. The third-order valence-corrected chi connectivity index (χ3v) is 4.75. The fourth-order valence-corrected chi connectivity index (χ4v) is 3.02. The average molecular weight is 478 g/mol. The van der Waals surface area contributed by atoms with Crippen molar-refractivity contribution < 1.29 is 28.8 Å². The first-order valence-electron chi connectivity index (χ1n) is 10.1. The molecule has 0 aromatic heterocycles. The van der Waals surface area contributed by atoms with Gasteiger partial charge in [0.1, 0.15) is 17.5 Å². The maximum Gasteiger partial charge on any atom is 0.329 e. The monoisotopic (exact) mass is 477 g/mol. The lowest BCUT2D eigenvalue weighted by Gasteiger charge is -2.21. The number of carbonyl (C=O) groups is 3. The van der Waals surface area contributed by atoms with Crippen molar-refractivity contribution in [3.05, 3.63) is 63.2 Å². The molecule has 11 heteroatoms. The Balaban J connectivity index is 2.01. The standard InChI is InChI=1S/C22H24ClN3O7/c1-4-32-14-9-10-17(18(11-14)26(30)31)24-19(27)12-33-22(29)20(13(2)3)25-21(28)15-7-5-6-8-16(15)23/h5-11,13,20H,4,12H2,1-3H3,(H,24,27)(H,25,28). The molecule has 0 aliphatic carbocycles. The summed E-state index contributed by atoms with van der Waals surface area (Å²) in [5.41, 5.74) is -0.247. The molecule has 2 aromatic carbocycles. The average Bonchev–Trinajstić information content (AvgIpc) is 2.76. The molecule has 0 radical (unpaired) electrons. The minimum atomic E-state index is -1.04. The fourth-order valence-electron chi connectivity index (χ4n) is 2.80. The van der Waals surface area contributed by atoms with E-state index >= 15 is 0 Å². The Morgan fingerprint density at radius 2 is 1.85 bits per heavy atom. The zero-order chi connectivity index (χ0) is 24.5. The van der Waals surface area contributed by atoms with Gasteiger partial charge in [0.05, 0.1) is 28.2 Å². The third kappa shape index (κ3) is 7.18. The minimum absolute atomic E-state index is 0.0723. The first kappa shape index (κ1) is 25.6. The van der Waals surface area contributed by atoms with Gasteiger partial charge in [-0.25, -0.2) is 4.79 Å². The molecule has 0 fully saturated rings. The number of hydrogen-bond acceptors (Lipinski definition) is 7. The molecule has 1 atom stereocenters. The van der Waals surface area contributed by atoms with Gasteiger partial charge in [0.15, 0.2) is 6.61 Å². The van der Waals surface area contributed by atoms with E-state index in [-0.39, 0.29) is 33.6 Å². The molecule has 0 heterocycles. The lowest BCUT2D eigenvalue weighted by Crippen LogP contribution is -2.46. The first-order chi connectivity index (χ1) is 15.6. The molecule has 0 saturated carbocycles. The molecule has 0 aliphatic rings. The predicted octanol–water partition coefficient (Wildman–Crippen LogP) is 3.58. The maximum atomic E-state index is 12.5. The number of anilines is 1. The van der Waals surface area contributed by atoms with Crippen LogP contribution in [0.15, 0.2) is 42.5 Å². The first-order valence-corrected chi connectivity index (χ1v) is 10.4. The van der Waals surface area contributed by atoms with Crippen molar-refractivity contribution in [1.82, 2.24) is 5.32 Å². The van der Waals surface area contributed by atoms with Gasteiger partial charge in [-0.05, 0) is 37.1 Å². The maximum absolute atomic E-state index is 12.5. The van der Waals surface area contributed by atoms with Gasteiger partial charge in [-0.3, -0.25) is 19.7 Å². The summed E-state index contributed by atoms with van der Waals surface area (Å²) in [5.74, 6) is -2.25. The molecule has 0 spiro atoms. The Labute approximate surface area is 195 Å². The topological polar surface area (TPSA) is 137 Å². The summed E-state index contributed by atoms with van der Waals surface area (Å²) >= 11 is 6.02. The zero-order valence-electron chi connectivity index (χ0n) is 18.3. The van der Waals surface area contributed by atoms with Crippen molar-refractivity contribution in [3.8, 4) is 5.75 Å². The molecule has 0 bridgehead atoms. The van der Waals surface area contributed by atoms with E-state index in [1.807, 2.05) is 0 Å². The van der Waals surface area contributed by atoms with Gasteiger partial charge in [0.25, 0.3) is 17.5 Å². The molecule has 176 valence electrons. The van der Waals surface area contributed by atoms with Crippen LogP contribution in [0.5, 0.6) is 5.75 Å². The van der Waals surface area contributed by atoms with Gasteiger partial charge in [-0.1, -0.05) is 37.6 Å². The highest BCUT2D eigenvalue weighted by Gasteiger charge is 2.27. The van der Waals surface area contributed by atoms with E-state index in [1.54, 1.807) is 39.0 Å². The van der Waals surface area contributed by atoms with Gasteiger partial charge in [0.2, 0.25) is 0 Å². The van der Waals surface area contributed by atoms with E-state index in [9.17, 15) is 24.5 Å². The third-order valence-electron chi connectivity index (χ3n) is 4.42. The summed E-state index contributed by atoms with van der Waals surface area (Å²) in [5, 5.41) is 16.4. The number of amides is 2. The molecule has 2 rings (SSSR count). The Bertz CT molecular complexity index is 1040. The van der Waals surface area contributed by atoms with Crippen LogP contribution in [0.3, 0.4) is 0 Å². The Morgan fingerprint density at radius 1 is 1.15 bits per heavy atom. The molecule has 2 N–H and O–H groups in total. The van der Waals surface area contributed by atoms with Crippen molar-refractivity contribution in [2.24, 2.45) is 5.92 Å². The summed E-state index contributed by atoms with van der Waals surface area (Å²) < 4.78 is 10.3. The highest BCUT2D eigenvalue weighted by Crippen LogP contribution is 2.29. The number of nitro groups is 1. The minimum Gasteiger partial charge on any atom is -0.494 e. The second-order valence-electron chi connectivity index (χ2n) is 7.20. The van der Waals surface area contributed by atoms with Gasteiger partial charge >= 0.3 is 5.97 Å². The SMILES string of the molecule is CCOc1ccc(NC(=O)COC(=O)C(NC(=O)c2ccccc2Cl)C(C)C)c([N+](=O)[O-])c1. The van der Waals surface area contributed by atoms with E-state index < -0.39 is 35.4 Å². The number of ether oxygens (including phenoxy) is 2. The number of nitrogens with zero attached hydrogens (tertiary/aromatic N) is 1. The van der Waals surface area contributed by atoms with E-state index in [2.05, 4.69) is 10.6 Å². The summed E-state index contributed by atoms with van der Waals surface area (Å²) in [7, 11) is 0. The Kier molecular flexibility index (Phi) is 9.17. The van der Waals surface area contributed by atoms with Crippen molar-refractivity contribution in [3.63, 3.8) is 0 Å². The number of nitro benzene ring substituents is 1.